The average Bonchev–Trinajstić information content (AvgIpc) is 3.47. The Morgan fingerprint density at radius 2 is 2.00 bits per heavy atom. The Bertz CT molecular complexity index is 1170. The lowest BCUT2D eigenvalue weighted by molar-refractivity contribution is -0.491. The summed E-state index contributed by atoms with van der Waals surface area (Å²) in [6.07, 6.45) is 1.41. The third kappa shape index (κ3) is 4.27. The van der Waals surface area contributed by atoms with Crippen LogP contribution in [0.15, 0.2) is 52.5 Å². The molecule has 0 unspecified atom stereocenters. The van der Waals surface area contributed by atoms with Crippen molar-refractivity contribution in [2.45, 2.75) is 26.2 Å². The van der Waals surface area contributed by atoms with Gasteiger partial charge in [-0.2, -0.15) is 5.10 Å². The molecule has 8 nitrogen and oxygen atoms in total. The number of hydrogen-bond donors (Lipinski definition) is 1. The molecule has 1 aromatic carbocycles. The van der Waals surface area contributed by atoms with Crippen LogP contribution in [0.4, 0.5) is 14.5 Å². The van der Waals surface area contributed by atoms with E-state index in [1.807, 2.05) is 12.1 Å². The van der Waals surface area contributed by atoms with E-state index in [2.05, 4.69) is 34.4 Å². The predicted molar refractivity (Wildman–Crippen MR) is 109 cm³/mol. The minimum atomic E-state index is -2.86. The summed E-state index contributed by atoms with van der Waals surface area (Å²) in [5, 5.41) is 10.6. The topological polar surface area (TPSA) is 88.3 Å². The lowest BCUT2D eigenvalue weighted by atomic mass is 10.0. The molecule has 0 bridgehead atoms. The van der Waals surface area contributed by atoms with Gasteiger partial charge >= 0.3 is 0 Å². The van der Waals surface area contributed by atoms with E-state index in [-0.39, 0.29) is 17.3 Å². The number of azo groups is 2. The minimum Gasteiger partial charge on any atom is -0.444 e. The normalized spacial score (nSPS) is 13.6. The molecule has 0 saturated heterocycles. The maximum Gasteiger partial charge on any atom is 0.284 e. The highest BCUT2D eigenvalue weighted by Gasteiger charge is 2.24. The number of rotatable bonds is 6. The predicted octanol–water partition coefficient (Wildman–Crippen LogP) is 4.62. The van der Waals surface area contributed by atoms with Crippen LogP contribution in [0, 0.1) is 0 Å². The number of anilines is 1. The summed E-state index contributed by atoms with van der Waals surface area (Å²) < 4.78 is 35.4. The van der Waals surface area contributed by atoms with Gasteiger partial charge in [0.15, 0.2) is 18.4 Å². The van der Waals surface area contributed by atoms with E-state index in [1.54, 1.807) is 30.1 Å². The molecule has 0 atom stereocenters. The van der Waals surface area contributed by atoms with E-state index in [0.29, 0.717) is 23.7 Å². The zero-order valence-corrected chi connectivity index (χ0v) is 17.2. The Morgan fingerprint density at radius 1 is 1.26 bits per heavy atom. The van der Waals surface area contributed by atoms with Crippen molar-refractivity contribution in [3.05, 3.63) is 65.8 Å². The highest BCUT2D eigenvalue weighted by atomic mass is 19.3. The number of amides is 1. The molecule has 1 aliphatic rings. The van der Waals surface area contributed by atoms with Crippen LogP contribution in [0.25, 0.3) is 11.3 Å². The molecule has 31 heavy (non-hydrogen) atoms. The first kappa shape index (κ1) is 20.6. The number of carbonyl (C=O) groups is 1. The van der Waals surface area contributed by atoms with Crippen LogP contribution in [0.1, 0.15) is 53.8 Å². The molecule has 1 N–H and O–H groups in total. The largest absolute Gasteiger partial charge is 0.444 e. The highest BCUT2D eigenvalue weighted by Crippen LogP contribution is 2.28. The van der Waals surface area contributed by atoms with Crippen LogP contribution in [0.5, 0.6) is 0 Å². The van der Waals surface area contributed by atoms with Gasteiger partial charge < -0.3 is 9.73 Å². The summed E-state index contributed by atoms with van der Waals surface area (Å²) in [4.78, 5) is 16.7. The summed E-state index contributed by atoms with van der Waals surface area (Å²) >= 11 is 0. The first-order chi connectivity index (χ1) is 14.8. The fourth-order valence-corrected chi connectivity index (χ4v) is 3.12. The zero-order chi connectivity index (χ0) is 22.1. The molecule has 3 heterocycles. The Kier molecular flexibility index (Phi) is 5.45. The highest BCUT2D eigenvalue weighted by molar-refractivity contribution is 6.03. The number of halogens is 2. The summed E-state index contributed by atoms with van der Waals surface area (Å²) in [7, 11) is 1.77. The number of hydrogen-bond acceptors (Lipinski definition) is 5. The lowest BCUT2D eigenvalue weighted by Crippen LogP contribution is -2.13. The van der Waals surface area contributed by atoms with E-state index in [4.69, 9.17) is 4.42 Å². The molecule has 3 aromatic rings. The van der Waals surface area contributed by atoms with Crippen molar-refractivity contribution in [2.75, 3.05) is 18.9 Å². The Morgan fingerprint density at radius 3 is 2.61 bits per heavy atom. The Balaban J connectivity index is 1.56. The SMILES string of the molecule is CC(C)c1ccc(-n2cc(NC(=O)c3coc(C4=C[N+](C)=NC4)n3)c(C(F)F)n2)cc1. The first-order valence-corrected chi connectivity index (χ1v) is 9.68. The number of carbonyl (C=O) groups excluding carboxylic acids is 1. The molecule has 0 aliphatic carbocycles. The molecule has 2 aromatic heterocycles. The Hall–Kier alpha value is -3.69. The van der Waals surface area contributed by atoms with Crippen molar-refractivity contribution in [3.8, 4) is 5.69 Å². The van der Waals surface area contributed by atoms with Gasteiger partial charge in [0.25, 0.3) is 12.3 Å². The second-order valence-electron chi connectivity index (χ2n) is 7.44. The van der Waals surface area contributed by atoms with E-state index >= 15 is 0 Å². The van der Waals surface area contributed by atoms with Crippen LogP contribution < -0.4 is 5.32 Å². The van der Waals surface area contributed by atoms with Gasteiger partial charge in [0.2, 0.25) is 12.1 Å². The van der Waals surface area contributed by atoms with Gasteiger partial charge in [-0.05, 0) is 28.7 Å². The molecule has 0 fully saturated rings. The minimum absolute atomic E-state index is 0.0281. The molecule has 10 heteroatoms. The van der Waals surface area contributed by atoms with Crippen molar-refractivity contribution in [2.24, 2.45) is 5.11 Å². The van der Waals surface area contributed by atoms with Gasteiger partial charge in [0.1, 0.15) is 18.4 Å². The summed E-state index contributed by atoms with van der Waals surface area (Å²) in [5.41, 5.74) is 1.80. The number of alkyl halides is 2. The maximum absolute atomic E-state index is 13.5. The molecule has 1 amide bonds. The molecular formula is C21H21F2N6O2+. The number of nitrogens with zero attached hydrogens (tertiary/aromatic N) is 5. The fourth-order valence-electron chi connectivity index (χ4n) is 3.12. The average molecular weight is 427 g/mol. The monoisotopic (exact) mass is 427 g/mol. The third-order valence-electron chi connectivity index (χ3n) is 4.84. The molecule has 0 spiro atoms. The van der Waals surface area contributed by atoms with Crippen LogP contribution in [0.3, 0.4) is 0 Å². The quantitative estimate of drug-likeness (QED) is 0.582. The van der Waals surface area contributed by atoms with Gasteiger partial charge in [-0.3, -0.25) is 4.79 Å². The van der Waals surface area contributed by atoms with E-state index in [0.717, 1.165) is 5.56 Å². The summed E-state index contributed by atoms with van der Waals surface area (Å²) in [5.74, 6) is -0.0664. The van der Waals surface area contributed by atoms with E-state index < -0.39 is 18.0 Å². The third-order valence-corrected chi connectivity index (χ3v) is 4.84. The van der Waals surface area contributed by atoms with E-state index in [1.165, 1.54) is 17.1 Å². The van der Waals surface area contributed by atoms with Gasteiger partial charge in [-0.1, -0.05) is 30.7 Å². The fraction of sp³-hybridized carbons (Fsp3) is 0.286. The molecular weight excluding hydrogens is 406 g/mol. The molecule has 0 radical (unpaired) electrons. The van der Waals surface area contributed by atoms with Gasteiger partial charge in [-0.15, -0.1) is 0 Å². The number of nitrogens with one attached hydrogen (secondary N) is 1. The second kappa shape index (κ2) is 8.21. The molecule has 160 valence electrons. The number of oxazole rings is 1. The maximum atomic E-state index is 13.5. The van der Waals surface area contributed by atoms with Crippen molar-refractivity contribution in [1.82, 2.24) is 14.8 Å². The van der Waals surface area contributed by atoms with Gasteiger partial charge in [0, 0.05) is 0 Å². The van der Waals surface area contributed by atoms with Gasteiger partial charge in [0.05, 0.1) is 17.6 Å². The number of aromatic nitrogens is 3. The Labute approximate surface area is 176 Å². The zero-order valence-electron chi connectivity index (χ0n) is 17.2. The smallest absolute Gasteiger partial charge is 0.284 e. The van der Waals surface area contributed by atoms with Gasteiger partial charge in [-0.25, -0.2) is 18.4 Å². The van der Waals surface area contributed by atoms with Crippen molar-refractivity contribution < 1.29 is 22.7 Å². The van der Waals surface area contributed by atoms with Crippen LogP contribution in [-0.4, -0.2) is 39.0 Å². The molecule has 1 aliphatic heterocycles. The van der Waals surface area contributed by atoms with Crippen LogP contribution in [-0.2, 0) is 0 Å². The summed E-state index contributed by atoms with van der Waals surface area (Å²) in [6, 6.07) is 7.43. The molecule has 0 saturated carbocycles. The first-order valence-electron chi connectivity index (χ1n) is 9.68. The van der Waals surface area contributed by atoms with E-state index in [9.17, 15) is 13.6 Å². The number of benzene rings is 1. The summed E-state index contributed by atoms with van der Waals surface area (Å²) in [6.45, 7) is 4.52. The van der Waals surface area contributed by atoms with Crippen LogP contribution >= 0.6 is 0 Å². The lowest BCUT2D eigenvalue weighted by Gasteiger charge is -2.06. The second-order valence-corrected chi connectivity index (χ2v) is 7.44. The standard InChI is InChI=1S/C21H20F2N6O2/c1-12(2)13-4-6-15(7-5-13)29-10-16(18(27-29)19(22)23)25-20(30)17-11-31-21(26-17)14-8-24-28(3)9-14/h4-7,9-12,19H,8H2,1-3H3/p+1. The molecule has 4 rings (SSSR count). The van der Waals surface area contributed by atoms with Crippen molar-refractivity contribution in [1.29, 1.82) is 0 Å². The van der Waals surface area contributed by atoms with Crippen molar-refractivity contribution >= 4 is 17.2 Å². The van der Waals surface area contributed by atoms with Crippen molar-refractivity contribution in [3.63, 3.8) is 0 Å². The van der Waals surface area contributed by atoms with Crippen LogP contribution in [0.2, 0.25) is 0 Å².